The second-order valence-corrected chi connectivity index (χ2v) is 7.15. The number of pyridine rings is 2. The minimum atomic E-state index is -0.548. The molecule has 0 bridgehead atoms. The molecule has 1 atom stereocenters. The van der Waals surface area contributed by atoms with Crippen LogP contribution in [0.2, 0.25) is 5.02 Å². The fraction of sp³-hybridized carbons (Fsp3) is 0.444. The molecule has 6 heteroatoms. The zero-order valence-corrected chi connectivity index (χ0v) is 14.6. The molecule has 3 heterocycles. The van der Waals surface area contributed by atoms with Crippen LogP contribution < -0.4 is 5.32 Å². The molecule has 1 N–H and O–H groups in total. The molecular weight excluding hydrogens is 329 g/mol. The van der Waals surface area contributed by atoms with E-state index in [1.165, 1.54) is 12.3 Å². The van der Waals surface area contributed by atoms with Crippen LogP contribution in [0.25, 0.3) is 11.3 Å². The van der Waals surface area contributed by atoms with Crippen molar-refractivity contribution in [2.45, 2.75) is 32.3 Å². The number of rotatable bonds is 4. The quantitative estimate of drug-likeness (QED) is 0.822. The van der Waals surface area contributed by atoms with E-state index in [9.17, 15) is 4.39 Å². The van der Waals surface area contributed by atoms with E-state index in [-0.39, 0.29) is 5.60 Å². The Balaban J connectivity index is 1.72. The first-order chi connectivity index (χ1) is 11.4. The van der Waals surface area contributed by atoms with Gasteiger partial charge in [-0.1, -0.05) is 11.6 Å². The molecule has 1 fully saturated rings. The Hall–Kier alpha value is -1.72. The molecule has 1 aliphatic rings. The summed E-state index contributed by atoms with van der Waals surface area (Å²) in [6, 6.07) is 6.65. The molecule has 2 aromatic rings. The molecule has 4 nitrogen and oxygen atoms in total. The summed E-state index contributed by atoms with van der Waals surface area (Å²) in [5.41, 5.74) is 1.09. The first kappa shape index (κ1) is 17.1. The molecule has 1 unspecified atom stereocenters. The van der Waals surface area contributed by atoms with Gasteiger partial charge >= 0.3 is 0 Å². The summed E-state index contributed by atoms with van der Waals surface area (Å²) < 4.78 is 19.1. The van der Waals surface area contributed by atoms with Gasteiger partial charge in [0.25, 0.3) is 0 Å². The van der Waals surface area contributed by atoms with Crippen LogP contribution in [0.15, 0.2) is 30.5 Å². The second kappa shape index (κ2) is 7.03. The van der Waals surface area contributed by atoms with Gasteiger partial charge in [0.05, 0.1) is 16.3 Å². The van der Waals surface area contributed by atoms with Gasteiger partial charge < -0.3 is 10.1 Å². The lowest BCUT2D eigenvalue weighted by Crippen LogP contribution is -2.36. The Bertz CT molecular complexity index is 723. The third kappa shape index (κ3) is 4.22. The highest BCUT2D eigenvalue weighted by molar-refractivity contribution is 6.33. The molecule has 0 aromatic carbocycles. The lowest BCUT2D eigenvalue weighted by Gasteiger charge is -2.35. The van der Waals surface area contributed by atoms with Gasteiger partial charge in [0.1, 0.15) is 5.82 Å². The molecule has 1 saturated heterocycles. The number of ether oxygens (including phenoxy) is 1. The number of nitrogens with one attached hydrogen (secondary N) is 1. The third-order valence-corrected chi connectivity index (χ3v) is 4.52. The summed E-state index contributed by atoms with van der Waals surface area (Å²) in [6.07, 6.45) is 3.45. The standard InChI is InChI=1S/C18H21ClFN3O/c1-18(2)10-12(6-8-24-18)11-22-16-4-3-14(19)17(23-16)13-5-7-21-15(20)9-13/h3-5,7,9,12H,6,8,10-11H2,1-2H3,(H,22,23). The fourth-order valence-electron chi connectivity index (χ4n) is 3.07. The summed E-state index contributed by atoms with van der Waals surface area (Å²) in [4.78, 5) is 8.10. The van der Waals surface area contributed by atoms with Crippen molar-refractivity contribution in [3.63, 3.8) is 0 Å². The van der Waals surface area contributed by atoms with Crippen LogP contribution in [0.4, 0.5) is 10.2 Å². The molecule has 0 amide bonds. The van der Waals surface area contributed by atoms with Crippen molar-refractivity contribution in [2.75, 3.05) is 18.5 Å². The molecule has 0 spiro atoms. The normalized spacial score (nSPS) is 19.9. The van der Waals surface area contributed by atoms with E-state index < -0.39 is 5.95 Å². The van der Waals surface area contributed by atoms with Crippen LogP contribution in [-0.4, -0.2) is 28.7 Å². The number of nitrogens with zero attached hydrogens (tertiary/aromatic N) is 2. The van der Waals surface area contributed by atoms with Gasteiger partial charge in [0.2, 0.25) is 5.95 Å². The summed E-state index contributed by atoms with van der Waals surface area (Å²) in [7, 11) is 0. The molecule has 128 valence electrons. The zero-order chi connectivity index (χ0) is 17.2. The van der Waals surface area contributed by atoms with Crippen molar-refractivity contribution >= 4 is 17.4 Å². The largest absolute Gasteiger partial charge is 0.376 e. The highest BCUT2D eigenvalue weighted by Crippen LogP contribution is 2.30. The van der Waals surface area contributed by atoms with Crippen LogP contribution >= 0.6 is 11.6 Å². The number of aromatic nitrogens is 2. The number of hydrogen-bond acceptors (Lipinski definition) is 4. The highest BCUT2D eigenvalue weighted by atomic mass is 35.5. The number of hydrogen-bond donors (Lipinski definition) is 1. The van der Waals surface area contributed by atoms with Crippen molar-refractivity contribution in [1.29, 1.82) is 0 Å². The topological polar surface area (TPSA) is 47.0 Å². The van der Waals surface area contributed by atoms with Gasteiger partial charge in [-0.2, -0.15) is 4.39 Å². The Labute approximate surface area is 146 Å². The van der Waals surface area contributed by atoms with Crippen LogP contribution in [0.3, 0.4) is 0 Å². The molecule has 0 saturated carbocycles. The van der Waals surface area contributed by atoms with Crippen LogP contribution in [0.1, 0.15) is 26.7 Å². The average molecular weight is 350 g/mol. The molecule has 3 rings (SSSR count). The number of halogens is 2. The van der Waals surface area contributed by atoms with E-state index in [1.807, 2.05) is 6.07 Å². The molecule has 0 radical (unpaired) electrons. The third-order valence-electron chi connectivity index (χ3n) is 4.22. The van der Waals surface area contributed by atoms with Gasteiger partial charge in [-0.3, -0.25) is 0 Å². The van der Waals surface area contributed by atoms with Crippen molar-refractivity contribution in [3.8, 4) is 11.3 Å². The summed E-state index contributed by atoms with van der Waals surface area (Å²) in [5, 5.41) is 3.85. The predicted octanol–water partition coefficient (Wildman–Crippen LogP) is 4.55. The minimum absolute atomic E-state index is 0.0717. The number of anilines is 1. The van der Waals surface area contributed by atoms with Crippen LogP contribution in [0.5, 0.6) is 0 Å². The van der Waals surface area contributed by atoms with Crippen molar-refractivity contribution in [1.82, 2.24) is 9.97 Å². The molecule has 2 aromatic heterocycles. The fourth-order valence-corrected chi connectivity index (χ4v) is 3.29. The van der Waals surface area contributed by atoms with Crippen LogP contribution in [0, 0.1) is 11.9 Å². The first-order valence-corrected chi connectivity index (χ1v) is 8.47. The van der Waals surface area contributed by atoms with E-state index in [0.717, 1.165) is 31.8 Å². The van der Waals surface area contributed by atoms with Gasteiger partial charge in [0.15, 0.2) is 0 Å². The van der Waals surface area contributed by atoms with Gasteiger partial charge in [-0.05, 0) is 50.8 Å². The molecule has 24 heavy (non-hydrogen) atoms. The highest BCUT2D eigenvalue weighted by Gasteiger charge is 2.28. The van der Waals surface area contributed by atoms with E-state index in [0.29, 0.717) is 22.2 Å². The Kier molecular flexibility index (Phi) is 5.01. The van der Waals surface area contributed by atoms with Gasteiger partial charge in [-0.15, -0.1) is 0 Å². The summed E-state index contributed by atoms with van der Waals surface area (Å²) in [5.74, 6) is 0.720. The predicted molar refractivity (Wildman–Crippen MR) is 93.7 cm³/mol. The second-order valence-electron chi connectivity index (χ2n) is 6.74. The maximum Gasteiger partial charge on any atom is 0.213 e. The van der Waals surface area contributed by atoms with E-state index in [1.54, 1.807) is 12.1 Å². The summed E-state index contributed by atoms with van der Waals surface area (Å²) in [6.45, 7) is 5.85. The van der Waals surface area contributed by atoms with E-state index >= 15 is 0 Å². The average Bonchev–Trinajstić information content (AvgIpc) is 2.53. The minimum Gasteiger partial charge on any atom is -0.376 e. The van der Waals surface area contributed by atoms with E-state index in [2.05, 4.69) is 29.1 Å². The Morgan fingerprint density at radius 1 is 1.38 bits per heavy atom. The lowest BCUT2D eigenvalue weighted by atomic mass is 9.88. The monoisotopic (exact) mass is 349 g/mol. The molecule has 1 aliphatic heterocycles. The first-order valence-electron chi connectivity index (χ1n) is 8.09. The SMILES string of the molecule is CC1(C)CC(CNc2ccc(Cl)c(-c3ccnc(F)c3)n2)CCO1. The van der Waals surface area contributed by atoms with Gasteiger partial charge in [0, 0.05) is 31.0 Å². The van der Waals surface area contributed by atoms with Crippen molar-refractivity contribution in [2.24, 2.45) is 5.92 Å². The maximum absolute atomic E-state index is 13.3. The zero-order valence-electron chi connectivity index (χ0n) is 13.9. The summed E-state index contributed by atoms with van der Waals surface area (Å²) >= 11 is 6.22. The molecular formula is C18H21ClFN3O. The van der Waals surface area contributed by atoms with Gasteiger partial charge in [-0.25, -0.2) is 9.97 Å². The Morgan fingerprint density at radius 3 is 2.96 bits per heavy atom. The lowest BCUT2D eigenvalue weighted by molar-refractivity contribution is -0.0699. The molecule has 0 aliphatic carbocycles. The van der Waals surface area contributed by atoms with Crippen molar-refractivity contribution < 1.29 is 9.13 Å². The smallest absolute Gasteiger partial charge is 0.213 e. The maximum atomic E-state index is 13.3. The van der Waals surface area contributed by atoms with Crippen LogP contribution in [-0.2, 0) is 4.74 Å². The van der Waals surface area contributed by atoms with Crippen molar-refractivity contribution in [3.05, 3.63) is 41.4 Å². The Morgan fingerprint density at radius 2 is 2.21 bits per heavy atom. The van der Waals surface area contributed by atoms with E-state index in [4.69, 9.17) is 16.3 Å².